The van der Waals surface area contributed by atoms with Crippen LogP contribution in [0.5, 0.6) is 0 Å². The van der Waals surface area contributed by atoms with E-state index in [1.165, 1.54) is 0 Å². The Bertz CT molecular complexity index is 985. The second kappa shape index (κ2) is 9.29. The van der Waals surface area contributed by atoms with Gasteiger partial charge in [0.25, 0.3) is 0 Å². The highest BCUT2D eigenvalue weighted by molar-refractivity contribution is 5.87. The maximum Gasteiger partial charge on any atom is 0.306 e. The lowest BCUT2D eigenvalue weighted by atomic mass is 9.44. The third kappa shape index (κ3) is 3.92. The molecule has 1 N–H and O–H groups in total. The lowest BCUT2D eigenvalue weighted by Gasteiger charge is -2.60. The lowest BCUT2D eigenvalue weighted by molar-refractivity contribution is -0.272. The Morgan fingerprint density at radius 3 is 2.53 bits per heavy atom. The molecule has 0 aromatic carbocycles. The third-order valence-electron chi connectivity index (χ3n) is 12.6. The van der Waals surface area contributed by atoms with Crippen LogP contribution in [0.1, 0.15) is 98.3 Å². The van der Waals surface area contributed by atoms with Gasteiger partial charge in [-0.1, -0.05) is 27.7 Å². The SMILES string of the molecule is C[C@@H]1CC[C@@]2(OC1)O[C@H]1C[C@H]3[C@@H]4CC[C@H]5C[C@H](OC(=O)CCC(=O)O)CC[C@]5(C)[C@@H]4CC(=O)[C@]3(C)[C@H]1[C@@H]2C. The molecule has 0 unspecified atom stereocenters. The van der Waals surface area contributed by atoms with Gasteiger partial charge in [-0.3, -0.25) is 14.4 Å². The summed E-state index contributed by atoms with van der Waals surface area (Å²) in [6, 6.07) is 0. The zero-order chi connectivity index (χ0) is 27.0. The number of fused-ring (bicyclic) bond motifs is 7. The zero-order valence-corrected chi connectivity index (χ0v) is 23.6. The smallest absolute Gasteiger partial charge is 0.306 e. The Morgan fingerprint density at radius 1 is 1.03 bits per heavy atom. The molecule has 6 fully saturated rings. The molecule has 0 bridgehead atoms. The van der Waals surface area contributed by atoms with Crippen LogP contribution in [0.2, 0.25) is 0 Å². The van der Waals surface area contributed by atoms with Crippen LogP contribution in [0.4, 0.5) is 0 Å². The number of rotatable bonds is 4. The molecule has 2 heterocycles. The third-order valence-corrected chi connectivity index (χ3v) is 12.6. The van der Waals surface area contributed by atoms with Crippen LogP contribution in [0.15, 0.2) is 0 Å². The number of ether oxygens (including phenoxy) is 3. The van der Waals surface area contributed by atoms with E-state index in [1.807, 2.05) is 0 Å². The van der Waals surface area contributed by atoms with Crippen LogP contribution in [-0.4, -0.2) is 47.4 Å². The van der Waals surface area contributed by atoms with Crippen LogP contribution in [0.25, 0.3) is 0 Å². The average molecular weight is 531 g/mol. The van der Waals surface area contributed by atoms with Crippen molar-refractivity contribution < 1.29 is 33.7 Å². The van der Waals surface area contributed by atoms with Gasteiger partial charge in [0.1, 0.15) is 11.9 Å². The number of ketones is 1. The van der Waals surface area contributed by atoms with Gasteiger partial charge in [-0.2, -0.15) is 0 Å². The molecule has 2 saturated heterocycles. The van der Waals surface area contributed by atoms with E-state index in [2.05, 4.69) is 27.7 Å². The molecule has 0 aromatic heterocycles. The highest BCUT2D eigenvalue weighted by atomic mass is 16.7. The van der Waals surface area contributed by atoms with Gasteiger partial charge in [0.15, 0.2) is 5.79 Å². The number of aliphatic carboxylic acids is 1. The van der Waals surface area contributed by atoms with E-state index in [4.69, 9.17) is 19.3 Å². The molecule has 7 nitrogen and oxygen atoms in total. The van der Waals surface area contributed by atoms with Crippen molar-refractivity contribution in [3.05, 3.63) is 0 Å². The number of esters is 1. The summed E-state index contributed by atoms with van der Waals surface area (Å²) in [6.45, 7) is 9.94. The second-order valence-corrected chi connectivity index (χ2v) is 14.3. The van der Waals surface area contributed by atoms with Gasteiger partial charge in [0.2, 0.25) is 0 Å². The fourth-order valence-electron chi connectivity index (χ4n) is 10.5. The van der Waals surface area contributed by atoms with E-state index in [9.17, 15) is 14.4 Å². The number of carbonyl (C=O) groups excluding carboxylic acids is 2. The molecular weight excluding hydrogens is 484 g/mol. The number of hydrogen-bond acceptors (Lipinski definition) is 6. The summed E-state index contributed by atoms with van der Waals surface area (Å²) in [6.07, 6.45) is 8.25. The van der Waals surface area contributed by atoms with Gasteiger partial charge in [0.05, 0.1) is 25.6 Å². The first-order chi connectivity index (χ1) is 18.0. The molecule has 2 aliphatic heterocycles. The summed E-state index contributed by atoms with van der Waals surface area (Å²) in [5.41, 5.74) is -0.251. The summed E-state index contributed by atoms with van der Waals surface area (Å²) in [5.74, 6) is 1.32. The Kier molecular flexibility index (Phi) is 6.54. The summed E-state index contributed by atoms with van der Waals surface area (Å²) in [5, 5.41) is 8.86. The number of carbonyl (C=O) groups is 3. The molecule has 6 aliphatic rings. The van der Waals surface area contributed by atoms with Crippen molar-refractivity contribution >= 4 is 17.7 Å². The summed E-state index contributed by atoms with van der Waals surface area (Å²) in [7, 11) is 0. The van der Waals surface area contributed by atoms with Crippen molar-refractivity contribution in [3.63, 3.8) is 0 Å². The lowest BCUT2D eigenvalue weighted by Crippen LogP contribution is -2.58. The molecule has 6 rings (SSSR count). The van der Waals surface area contributed by atoms with Crippen molar-refractivity contribution in [2.75, 3.05) is 6.61 Å². The standard InChI is InChI=1S/C31H46O7/c1-17-9-12-31(36-16-17)18(2)28-24(38-31)14-23-21-6-5-19-13-20(37-27(35)8-7-26(33)34)10-11-29(19,3)22(21)15-25(32)30(23,28)4/h17-24,28H,5-16H2,1-4H3,(H,33,34)/t17-,18+,19+,20-,21-,22-,23+,24+,28+,29+,30-,31-/m1/s1. The monoisotopic (exact) mass is 530 g/mol. The van der Waals surface area contributed by atoms with Crippen LogP contribution in [0, 0.1) is 52.3 Å². The molecule has 38 heavy (non-hydrogen) atoms. The van der Waals surface area contributed by atoms with Crippen LogP contribution >= 0.6 is 0 Å². The summed E-state index contributed by atoms with van der Waals surface area (Å²) < 4.78 is 18.9. The van der Waals surface area contributed by atoms with Crippen LogP contribution in [-0.2, 0) is 28.6 Å². The average Bonchev–Trinajstić information content (AvgIpc) is 3.32. The van der Waals surface area contributed by atoms with Crippen LogP contribution < -0.4 is 0 Å². The largest absolute Gasteiger partial charge is 0.481 e. The maximum atomic E-state index is 14.2. The topological polar surface area (TPSA) is 99.1 Å². The fourth-order valence-corrected chi connectivity index (χ4v) is 10.5. The molecule has 4 aliphatic carbocycles. The van der Waals surface area contributed by atoms with Crippen molar-refractivity contribution in [2.45, 2.75) is 116 Å². The van der Waals surface area contributed by atoms with Gasteiger partial charge in [-0.15, -0.1) is 0 Å². The quantitative estimate of drug-likeness (QED) is 0.487. The molecule has 12 atom stereocenters. The normalized spacial score (nSPS) is 51.6. The first-order valence-corrected chi connectivity index (χ1v) is 15.2. The van der Waals surface area contributed by atoms with Gasteiger partial charge >= 0.3 is 11.9 Å². The zero-order valence-electron chi connectivity index (χ0n) is 23.6. The van der Waals surface area contributed by atoms with E-state index >= 15 is 0 Å². The minimum Gasteiger partial charge on any atom is -0.481 e. The minimum atomic E-state index is -0.975. The highest BCUT2D eigenvalue weighted by Crippen LogP contribution is 2.70. The summed E-state index contributed by atoms with van der Waals surface area (Å²) in [4.78, 5) is 37.2. The molecule has 0 aromatic rings. The van der Waals surface area contributed by atoms with Crippen molar-refractivity contribution in [2.24, 2.45) is 52.3 Å². The van der Waals surface area contributed by atoms with E-state index < -0.39 is 17.7 Å². The number of carboxylic acids is 1. The number of hydrogen-bond donors (Lipinski definition) is 1. The van der Waals surface area contributed by atoms with Crippen molar-refractivity contribution in [1.29, 1.82) is 0 Å². The van der Waals surface area contributed by atoms with E-state index in [1.54, 1.807) is 0 Å². The highest BCUT2D eigenvalue weighted by Gasteiger charge is 2.71. The van der Waals surface area contributed by atoms with Gasteiger partial charge in [-0.05, 0) is 80.0 Å². The Hall–Kier alpha value is -1.47. The first kappa shape index (κ1) is 26.7. The molecule has 0 amide bonds. The van der Waals surface area contributed by atoms with Crippen LogP contribution in [0.3, 0.4) is 0 Å². The van der Waals surface area contributed by atoms with E-state index in [0.29, 0.717) is 41.8 Å². The molecule has 4 saturated carbocycles. The predicted molar refractivity (Wildman–Crippen MR) is 139 cm³/mol. The molecule has 1 spiro atoms. The predicted octanol–water partition coefficient (Wildman–Crippen LogP) is 5.39. The van der Waals surface area contributed by atoms with Gasteiger partial charge in [0, 0.05) is 30.1 Å². The Balaban J connectivity index is 1.17. The van der Waals surface area contributed by atoms with Crippen molar-refractivity contribution in [1.82, 2.24) is 0 Å². The first-order valence-electron chi connectivity index (χ1n) is 15.2. The summed E-state index contributed by atoms with van der Waals surface area (Å²) >= 11 is 0. The molecular formula is C31H46O7. The van der Waals surface area contributed by atoms with Gasteiger partial charge < -0.3 is 19.3 Å². The molecule has 212 valence electrons. The Labute approximate surface area is 226 Å². The molecule has 7 heteroatoms. The second-order valence-electron chi connectivity index (χ2n) is 14.3. The van der Waals surface area contributed by atoms with Crippen molar-refractivity contribution in [3.8, 4) is 0 Å². The van der Waals surface area contributed by atoms with E-state index in [-0.39, 0.29) is 47.7 Å². The fraction of sp³-hybridized carbons (Fsp3) is 0.903. The van der Waals surface area contributed by atoms with E-state index in [0.717, 1.165) is 58.0 Å². The molecule has 0 radical (unpaired) electrons. The maximum absolute atomic E-state index is 14.2. The number of Topliss-reactive ketones (excluding diaryl/α,β-unsaturated/α-hetero) is 1. The van der Waals surface area contributed by atoms with Gasteiger partial charge in [-0.25, -0.2) is 0 Å². The number of carboxylic acid groups (broad SMARTS) is 1. The minimum absolute atomic E-state index is 0.0680. The Morgan fingerprint density at radius 2 is 1.82 bits per heavy atom.